The topological polar surface area (TPSA) is 122 Å². The Morgan fingerprint density at radius 3 is 2.64 bits per heavy atom. The average Bonchev–Trinajstić information content (AvgIpc) is 3.30. The maximum Gasteiger partial charge on any atom is 0.220 e. The molecule has 0 amide bonds. The Kier molecular flexibility index (Phi) is 8.18. The van der Waals surface area contributed by atoms with Gasteiger partial charge in [0.05, 0.1) is 5.69 Å². The van der Waals surface area contributed by atoms with E-state index in [0.29, 0.717) is 38.4 Å². The number of nitrogens with one attached hydrogen (secondary N) is 1. The Morgan fingerprint density at radius 2 is 2.07 bits per heavy atom. The average molecular weight is 524 g/mol. The summed E-state index contributed by atoms with van der Waals surface area (Å²) in [5.74, 6) is 1.36. The minimum Gasteiger partial charge on any atom is -0.364 e. The summed E-state index contributed by atoms with van der Waals surface area (Å²) in [5.41, 5.74) is 0.413. The van der Waals surface area contributed by atoms with Crippen molar-refractivity contribution in [1.82, 2.24) is 34.4 Å². The first-order valence-corrected chi connectivity index (χ1v) is 10.3. The first-order valence-electron chi connectivity index (χ1n) is 8.73. The molecule has 1 aliphatic heterocycles. The summed E-state index contributed by atoms with van der Waals surface area (Å²) >= 11 is 0. The highest BCUT2D eigenvalue weighted by Gasteiger charge is 2.29. The number of rotatable bonds is 6. The van der Waals surface area contributed by atoms with E-state index in [1.54, 1.807) is 12.4 Å². The maximum atomic E-state index is 12.5. The Balaban J connectivity index is 0.00000280. The fourth-order valence-electron chi connectivity index (χ4n) is 2.79. The Morgan fingerprint density at radius 1 is 1.32 bits per heavy atom. The first-order chi connectivity index (χ1) is 13.0. The summed E-state index contributed by atoms with van der Waals surface area (Å²) in [5, 5.41) is 14.8. The third-order valence-electron chi connectivity index (χ3n) is 4.26. The van der Waals surface area contributed by atoms with Gasteiger partial charge in [0.1, 0.15) is 24.9 Å². The number of sulfonamides is 1. The fourth-order valence-corrected chi connectivity index (χ4v) is 4.21. The molecule has 0 aliphatic carbocycles. The summed E-state index contributed by atoms with van der Waals surface area (Å²) in [6.45, 7) is 5.04. The van der Waals surface area contributed by atoms with Crippen molar-refractivity contribution in [3.05, 3.63) is 30.2 Å². The van der Waals surface area contributed by atoms with Crippen LogP contribution in [0.1, 0.15) is 18.4 Å². The van der Waals surface area contributed by atoms with Crippen molar-refractivity contribution in [2.45, 2.75) is 19.2 Å². The molecule has 3 rings (SSSR count). The normalized spacial score (nSPS) is 16.1. The van der Waals surface area contributed by atoms with Crippen LogP contribution in [0.5, 0.6) is 0 Å². The summed E-state index contributed by atoms with van der Waals surface area (Å²) in [6, 6.07) is 1.57. The van der Waals surface area contributed by atoms with Gasteiger partial charge < -0.3 is 19.3 Å². The lowest BCUT2D eigenvalue weighted by Crippen LogP contribution is -2.53. The minimum absolute atomic E-state index is 0. The van der Waals surface area contributed by atoms with E-state index in [0.717, 1.165) is 18.3 Å². The smallest absolute Gasteiger partial charge is 0.220 e. The van der Waals surface area contributed by atoms with Gasteiger partial charge >= 0.3 is 0 Å². The SMILES string of the molecule is CCNC(=NCc1nncn1C)N1CCN(S(=O)(=O)Cc2ccon2)CC1.I. The van der Waals surface area contributed by atoms with Gasteiger partial charge in [-0.2, -0.15) is 4.31 Å². The third-order valence-corrected chi connectivity index (χ3v) is 6.08. The van der Waals surface area contributed by atoms with E-state index < -0.39 is 10.0 Å². The molecule has 0 saturated carbocycles. The highest BCUT2D eigenvalue weighted by Crippen LogP contribution is 2.13. The van der Waals surface area contributed by atoms with E-state index >= 15 is 0 Å². The molecule has 28 heavy (non-hydrogen) atoms. The summed E-state index contributed by atoms with van der Waals surface area (Å²) in [6.07, 6.45) is 3.01. The highest BCUT2D eigenvalue weighted by molar-refractivity contribution is 14.0. The second-order valence-electron chi connectivity index (χ2n) is 6.16. The van der Waals surface area contributed by atoms with Crippen molar-refractivity contribution in [3.8, 4) is 0 Å². The van der Waals surface area contributed by atoms with Crippen LogP contribution in [0.3, 0.4) is 0 Å². The molecule has 0 aromatic carbocycles. The molecule has 13 heteroatoms. The number of aryl methyl sites for hydroxylation is 1. The molecular weight excluding hydrogens is 499 g/mol. The second-order valence-corrected chi connectivity index (χ2v) is 8.13. The molecule has 0 spiro atoms. The number of aromatic nitrogens is 4. The van der Waals surface area contributed by atoms with Gasteiger partial charge in [0.25, 0.3) is 0 Å². The van der Waals surface area contributed by atoms with Gasteiger partial charge in [-0.3, -0.25) is 0 Å². The largest absolute Gasteiger partial charge is 0.364 e. The lowest BCUT2D eigenvalue weighted by Gasteiger charge is -2.35. The number of aliphatic imine (C=N–C) groups is 1. The molecule has 0 atom stereocenters. The predicted octanol–water partition coefficient (Wildman–Crippen LogP) is 0.0342. The van der Waals surface area contributed by atoms with Gasteiger partial charge in [-0.05, 0) is 6.92 Å². The van der Waals surface area contributed by atoms with Gasteiger partial charge in [0, 0.05) is 45.8 Å². The molecular formula is C15H25IN8O3S. The number of hydrogen-bond acceptors (Lipinski definition) is 7. The lowest BCUT2D eigenvalue weighted by atomic mass is 10.4. The van der Waals surface area contributed by atoms with Crippen molar-refractivity contribution >= 4 is 40.0 Å². The van der Waals surface area contributed by atoms with Crippen molar-refractivity contribution in [2.75, 3.05) is 32.7 Å². The molecule has 1 aliphatic rings. The fraction of sp³-hybridized carbons (Fsp3) is 0.600. The molecule has 1 fully saturated rings. The second kappa shape index (κ2) is 10.2. The van der Waals surface area contributed by atoms with Crippen LogP contribution in [0.4, 0.5) is 0 Å². The highest BCUT2D eigenvalue weighted by atomic mass is 127. The first kappa shape index (κ1) is 22.5. The van der Waals surface area contributed by atoms with Crippen LogP contribution in [0.25, 0.3) is 0 Å². The van der Waals surface area contributed by atoms with Crippen molar-refractivity contribution in [3.63, 3.8) is 0 Å². The van der Waals surface area contributed by atoms with E-state index in [1.165, 1.54) is 10.6 Å². The van der Waals surface area contributed by atoms with E-state index in [2.05, 4.69) is 30.6 Å². The van der Waals surface area contributed by atoms with Crippen molar-refractivity contribution < 1.29 is 12.9 Å². The molecule has 1 saturated heterocycles. The number of guanidine groups is 1. The van der Waals surface area contributed by atoms with E-state index in [-0.39, 0.29) is 29.7 Å². The molecule has 11 nitrogen and oxygen atoms in total. The summed E-state index contributed by atoms with van der Waals surface area (Å²) in [4.78, 5) is 6.66. The summed E-state index contributed by atoms with van der Waals surface area (Å²) in [7, 11) is -1.55. The number of piperazine rings is 1. The third kappa shape index (κ3) is 5.64. The Bertz CT molecular complexity index is 860. The zero-order valence-electron chi connectivity index (χ0n) is 15.9. The molecule has 2 aromatic heterocycles. The van der Waals surface area contributed by atoms with Gasteiger partial charge in [-0.15, -0.1) is 34.2 Å². The van der Waals surface area contributed by atoms with Crippen molar-refractivity contribution in [1.29, 1.82) is 0 Å². The number of nitrogens with zero attached hydrogens (tertiary/aromatic N) is 7. The number of halogens is 1. The van der Waals surface area contributed by atoms with Gasteiger partial charge in [-0.1, -0.05) is 5.16 Å². The zero-order valence-corrected chi connectivity index (χ0v) is 19.0. The Labute approximate surface area is 181 Å². The van der Waals surface area contributed by atoms with Crippen LogP contribution in [0.15, 0.2) is 28.2 Å². The van der Waals surface area contributed by atoms with Crippen molar-refractivity contribution in [2.24, 2.45) is 12.0 Å². The summed E-state index contributed by atoms with van der Waals surface area (Å²) < 4.78 is 33.1. The number of hydrogen-bond donors (Lipinski definition) is 1. The molecule has 3 heterocycles. The van der Waals surface area contributed by atoms with Crippen LogP contribution in [-0.2, 0) is 29.4 Å². The molecule has 0 bridgehead atoms. The molecule has 2 aromatic rings. The monoisotopic (exact) mass is 524 g/mol. The standard InChI is InChI=1S/C15H24N8O3S.HI/c1-3-16-15(17-10-14-19-18-12-21(14)2)22-5-7-23(8-6-22)27(24,25)11-13-4-9-26-20-13;/h4,9,12H,3,5-8,10-11H2,1-2H3,(H,16,17);1H. The van der Waals surface area contributed by atoms with Crippen LogP contribution < -0.4 is 5.32 Å². The van der Waals surface area contributed by atoms with Crippen LogP contribution in [-0.4, -0.2) is 76.2 Å². The molecule has 0 radical (unpaired) electrons. The minimum atomic E-state index is -3.42. The van der Waals surface area contributed by atoms with E-state index in [9.17, 15) is 8.42 Å². The maximum absolute atomic E-state index is 12.5. The van der Waals surface area contributed by atoms with E-state index in [1.807, 2.05) is 18.5 Å². The van der Waals surface area contributed by atoms with Crippen LogP contribution >= 0.6 is 24.0 Å². The van der Waals surface area contributed by atoms with E-state index in [4.69, 9.17) is 4.52 Å². The molecule has 1 N–H and O–H groups in total. The van der Waals surface area contributed by atoms with Gasteiger partial charge in [0.15, 0.2) is 11.8 Å². The Hall–Kier alpha value is -1.74. The van der Waals surface area contributed by atoms with Crippen LogP contribution in [0, 0.1) is 0 Å². The van der Waals surface area contributed by atoms with Gasteiger partial charge in [0.2, 0.25) is 10.0 Å². The molecule has 156 valence electrons. The quantitative estimate of drug-likeness (QED) is 0.319. The van der Waals surface area contributed by atoms with Crippen LogP contribution in [0.2, 0.25) is 0 Å². The zero-order chi connectivity index (χ0) is 19.3. The molecule has 0 unspecified atom stereocenters. The lowest BCUT2D eigenvalue weighted by molar-refractivity contribution is 0.259. The van der Waals surface area contributed by atoms with Gasteiger partial charge in [-0.25, -0.2) is 13.4 Å². The predicted molar refractivity (Wildman–Crippen MR) is 114 cm³/mol.